The van der Waals surface area contributed by atoms with Crippen LogP contribution in [0.25, 0.3) is 0 Å². The number of rotatable bonds is 4. The molecule has 13 heavy (non-hydrogen) atoms. The topological polar surface area (TPSA) is 12.0 Å². The number of hydrogen-bond acceptors (Lipinski definition) is 1. The summed E-state index contributed by atoms with van der Waals surface area (Å²) in [6.07, 6.45) is 2.90. The minimum absolute atomic E-state index is 0.936. The van der Waals surface area contributed by atoms with Gasteiger partial charge in [0, 0.05) is 12.2 Å². The number of hydrogen-bond donors (Lipinski definition) is 1. The van der Waals surface area contributed by atoms with E-state index in [-0.39, 0.29) is 0 Å². The highest BCUT2D eigenvalue weighted by Crippen LogP contribution is 2.07. The molecule has 1 aromatic carbocycles. The van der Waals surface area contributed by atoms with Crippen molar-refractivity contribution in [3.63, 3.8) is 0 Å². The third-order valence-corrected chi connectivity index (χ3v) is 1.81. The highest BCUT2D eigenvalue weighted by atomic mass is 14.9. The van der Waals surface area contributed by atoms with Gasteiger partial charge >= 0.3 is 0 Å². The van der Waals surface area contributed by atoms with Crippen LogP contribution in [0.15, 0.2) is 42.7 Å². The average Bonchev–Trinajstić information content (AvgIpc) is 2.15. The molecule has 0 unspecified atom stereocenters. The van der Waals surface area contributed by atoms with Gasteiger partial charge in [-0.2, -0.15) is 0 Å². The van der Waals surface area contributed by atoms with E-state index in [0.717, 1.165) is 13.0 Å². The standard InChI is InChI=1S/C12H15N/c1-3-4-5-10-13-12-8-6-11(2)7-9-12/h4,6-9,13H,1,5,10H2,2H3. The molecule has 0 aliphatic heterocycles. The van der Waals surface area contributed by atoms with Gasteiger partial charge in [-0.3, -0.25) is 0 Å². The Kier molecular flexibility index (Phi) is 3.87. The molecule has 0 atom stereocenters. The first kappa shape index (κ1) is 9.63. The van der Waals surface area contributed by atoms with E-state index in [4.69, 9.17) is 0 Å². The smallest absolute Gasteiger partial charge is 0.0340 e. The number of nitrogens with one attached hydrogen (secondary N) is 1. The third-order valence-electron chi connectivity index (χ3n) is 1.81. The molecule has 0 saturated carbocycles. The summed E-state index contributed by atoms with van der Waals surface area (Å²) < 4.78 is 0. The SMILES string of the molecule is C=C=CCCNc1ccc(C)cc1. The summed E-state index contributed by atoms with van der Waals surface area (Å²) in [6.45, 7) is 6.53. The Bertz CT molecular complexity index is 291. The molecule has 1 N–H and O–H groups in total. The largest absolute Gasteiger partial charge is 0.385 e. The molecule has 0 heterocycles. The zero-order valence-corrected chi connectivity index (χ0v) is 8.01. The van der Waals surface area contributed by atoms with E-state index in [9.17, 15) is 0 Å². The van der Waals surface area contributed by atoms with Crippen LogP contribution in [0.5, 0.6) is 0 Å². The number of anilines is 1. The number of benzene rings is 1. The van der Waals surface area contributed by atoms with Crippen molar-refractivity contribution in [2.24, 2.45) is 0 Å². The maximum atomic E-state index is 3.51. The van der Waals surface area contributed by atoms with E-state index in [2.05, 4.69) is 48.8 Å². The van der Waals surface area contributed by atoms with Gasteiger partial charge < -0.3 is 5.32 Å². The molecule has 0 aromatic heterocycles. The van der Waals surface area contributed by atoms with E-state index in [0.29, 0.717) is 0 Å². The summed E-state index contributed by atoms with van der Waals surface area (Å²) in [4.78, 5) is 0. The van der Waals surface area contributed by atoms with Gasteiger partial charge in [0.1, 0.15) is 0 Å². The fourth-order valence-electron chi connectivity index (χ4n) is 1.06. The third kappa shape index (κ3) is 3.64. The fourth-order valence-corrected chi connectivity index (χ4v) is 1.06. The summed E-state index contributed by atoms with van der Waals surface area (Å²) >= 11 is 0. The minimum atomic E-state index is 0.936. The molecular weight excluding hydrogens is 158 g/mol. The zero-order valence-electron chi connectivity index (χ0n) is 8.01. The van der Waals surface area contributed by atoms with Gasteiger partial charge in [0.25, 0.3) is 0 Å². The fraction of sp³-hybridized carbons (Fsp3) is 0.250. The van der Waals surface area contributed by atoms with Crippen molar-refractivity contribution < 1.29 is 0 Å². The van der Waals surface area contributed by atoms with Gasteiger partial charge in [-0.05, 0) is 31.6 Å². The van der Waals surface area contributed by atoms with E-state index in [1.54, 1.807) is 0 Å². The predicted molar refractivity (Wildman–Crippen MR) is 58.0 cm³/mol. The average molecular weight is 173 g/mol. The van der Waals surface area contributed by atoms with Crippen LogP contribution in [0.4, 0.5) is 5.69 Å². The Balaban J connectivity index is 2.37. The molecule has 0 fully saturated rings. The summed E-state index contributed by atoms with van der Waals surface area (Å²) in [6, 6.07) is 8.39. The summed E-state index contributed by atoms with van der Waals surface area (Å²) in [5.74, 6) is 0. The Morgan fingerprint density at radius 1 is 1.38 bits per heavy atom. The molecule has 0 spiro atoms. The summed E-state index contributed by atoms with van der Waals surface area (Å²) in [5, 5.41) is 3.31. The minimum Gasteiger partial charge on any atom is -0.385 e. The van der Waals surface area contributed by atoms with Gasteiger partial charge in [-0.1, -0.05) is 24.3 Å². The van der Waals surface area contributed by atoms with Crippen LogP contribution in [-0.2, 0) is 0 Å². The molecule has 0 amide bonds. The van der Waals surface area contributed by atoms with Gasteiger partial charge in [0.15, 0.2) is 0 Å². The van der Waals surface area contributed by atoms with Crippen molar-refractivity contribution in [3.8, 4) is 0 Å². The Labute approximate surface area is 79.8 Å². The Morgan fingerprint density at radius 3 is 2.69 bits per heavy atom. The molecular formula is C12H15N. The first-order valence-electron chi connectivity index (χ1n) is 4.48. The molecule has 1 nitrogen and oxygen atoms in total. The van der Waals surface area contributed by atoms with E-state index in [1.807, 2.05) is 6.08 Å². The second-order valence-electron chi connectivity index (χ2n) is 2.99. The van der Waals surface area contributed by atoms with Gasteiger partial charge in [-0.15, -0.1) is 5.73 Å². The lowest BCUT2D eigenvalue weighted by molar-refractivity contribution is 1.07. The van der Waals surface area contributed by atoms with Crippen LogP contribution in [-0.4, -0.2) is 6.54 Å². The molecule has 68 valence electrons. The lowest BCUT2D eigenvalue weighted by Crippen LogP contribution is -1.99. The zero-order chi connectivity index (χ0) is 9.52. The predicted octanol–water partition coefficient (Wildman–Crippen LogP) is 3.14. The van der Waals surface area contributed by atoms with Gasteiger partial charge in [-0.25, -0.2) is 0 Å². The Morgan fingerprint density at radius 2 is 2.08 bits per heavy atom. The highest BCUT2D eigenvalue weighted by molar-refractivity contribution is 5.44. The maximum Gasteiger partial charge on any atom is 0.0340 e. The van der Waals surface area contributed by atoms with Crippen molar-refractivity contribution in [1.29, 1.82) is 0 Å². The normalized spacial score (nSPS) is 9.00. The molecule has 0 radical (unpaired) electrons. The van der Waals surface area contributed by atoms with Crippen molar-refractivity contribution in [3.05, 3.63) is 48.2 Å². The monoisotopic (exact) mass is 173 g/mol. The second-order valence-corrected chi connectivity index (χ2v) is 2.99. The van der Waals surface area contributed by atoms with Gasteiger partial charge in [0.2, 0.25) is 0 Å². The van der Waals surface area contributed by atoms with Crippen molar-refractivity contribution in [2.45, 2.75) is 13.3 Å². The van der Waals surface area contributed by atoms with Crippen LogP contribution >= 0.6 is 0 Å². The van der Waals surface area contributed by atoms with Crippen molar-refractivity contribution in [1.82, 2.24) is 0 Å². The summed E-state index contributed by atoms with van der Waals surface area (Å²) in [7, 11) is 0. The molecule has 0 aliphatic rings. The van der Waals surface area contributed by atoms with Crippen LogP contribution in [0.2, 0.25) is 0 Å². The van der Waals surface area contributed by atoms with Crippen LogP contribution in [0.3, 0.4) is 0 Å². The Hall–Kier alpha value is -1.46. The van der Waals surface area contributed by atoms with Crippen molar-refractivity contribution in [2.75, 3.05) is 11.9 Å². The van der Waals surface area contributed by atoms with E-state index >= 15 is 0 Å². The van der Waals surface area contributed by atoms with Gasteiger partial charge in [0.05, 0.1) is 0 Å². The van der Waals surface area contributed by atoms with Crippen LogP contribution in [0.1, 0.15) is 12.0 Å². The molecule has 0 aliphatic carbocycles. The first-order chi connectivity index (χ1) is 6.33. The van der Waals surface area contributed by atoms with Crippen molar-refractivity contribution >= 4 is 5.69 Å². The van der Waals surface area contributed by atoms with Crippen LogP contribution in [0, 0.1) is 6.92 Å². The quantitative estimate of drug-likeness (QED) is 0.545. The molecule has 1 heteroatoms. The first-order valence-corrected chi connectivity index (χ1v) is 4.48. The van der Waals surface area contributed by atoms with E-state index in [1.165, 1.54) is 11.3 Å². The number of aryl methyl sites for hydroxylation is 1. The van der Waals surface area contributed by atoms with Crippen LogP contribution < -0.4 is 5.32 Å². The molecule has 1 rings (SSSR count). The van der Waals surface area contributed by atoms with E-state index < -0.39 is 0 Å². The molecule has 0 bridgehead atoms. The lowest BCUT2D eigenvalue weighted by Gasteiger charge is -2.03. The lowest BCUT2D eigenvalue weighted by atomic mass is 10.2. The highest BCUT2D eigenvalue weighted by Gasteiger charge is 1.88. The second kappa shape index (κ2) is 5.23. The summed E-state index contributed by atoms with van der Waals surface area (Å²) in [5.41, 5.74) is 5.21. The molecule has 1 aromatic rings. The maximum absolute atomic E-state index is 3.51. The molecule has 0 saturated heterocycles.